The third kappa shape index (κ3) is 5.55. The van der Waals surface area contributed by atoms with Crippen molar-refractivity contribution in [3.8, 4) is 0 Å². The van der Waals surface area contributed by atoms with Gasteiger partial charge in [-0.2, -0.15) is 11.8 Å². The molecule has 0 aliphatic heterocycles. The van der Waals surface area contributed by atoms with Crippen LogP contribution < -0.4 is 5.73 Å². The first-order chi connectivity index (χ1) is 7.53. The molecule has 0 bridgehead atoms. The summed E-state index contributed by atoms with van der Waals surface area (Å²) in [6, 6.07) is 0. The third-order valence-electron chi connectivity index (χ3n) is 3.18. The summed E-state index contributed by atoms with van der Waals surface area (Å²) in [6.07, 6.45) is 7.59. The van der Waals surface area contributed by atoms with E-state index in [0.29, 0.717) is 16.9 Å². The molecule has 0 radical (unpaired) electrons. The lowest BCUT2D eigenvalue weighted by atomic mass is 10.0. The minimum absolute atomic E-state index is 0.297. The Balaban J connectivity index is 2.37. The van der Waals surface area contributed by atoms with E-state index >= 15 is 0 Å². The van der Waals surface area contributed by atoms with E-state index in [-0.39, 0.29) is 0 Å². The van der Waals surface area contributed by atoms with Crippen LogP contribution in [0.5, 0.6) is 0 Å². The van der Waals surface area contributed by atoms with Gasteiger partial charge in [-0.3, -0.25) is 0 Å². The molecular weight excluding hydrogens is 242 g/mol. The molecule has 0 aromatic heterocycles. The van der Waals surface area contributed by atoms with Crippen LogP contribution in [-0.4, -0.2) is 38.0 Å². The zero-order valence-electron chi connectivity index (χ0n) is 10.0. The Morgan fingerprint density at radius 3 is 2.56 bits per heavy atom. The molecule has 0 amide bonds. The molecular formula is C11H23NO2S2. The molecule has 0 saturated heterocycles. The summed E-state index contributed by atoms with van der Waals surface area (Å²) in [5.41, 5.74) is 5.79. The molecule has 0 aromatic rings. The van der Waals surface area contributed by atoms with Gasteiger partial charge < -0.3 is 5.73 Å². The fourth-order valence-electron chi connectivity index (χ4n) is 2.19. The third-order valence-corrected chi connectivity index (χ3v) is 5.87. The van der Waals surface area contributed by atoms with E-state index < -0.39 is 9.84 Å². The molecule has 3 nitrogen and oxygen atoms in total. The first kappa shape index (κ1) is 14.3. The summed E-state index contributed by atoms with van der Waals surface area (Å²) in [7, 11) is -2.81. The summed E-state index contributed by atoms with van der Waals surface area (Å²) in [4.78, 5) is 0. The van der Waals surface area contributed by atoms with E-state index in [1.54, 1.807) is 0 Å². The predicted octanol–water partition coefficient (Wildman–Crippen LogP) is 1.67. The van der Waals surface area contributed by atoms with Crippen LogP contribution in [0.4, 0.5) is 0 Å². The van der Waals surface area contributed by atoms with Crippen molar-refractivity contribution < 1.29 is 8.42 Å². The van der Waals surface area contributed by atoms with Crippen LogP contribution in [0.2, 0.25) is 0 Å². The van der Waals surface area contributed by atoms with Crippen molar-refractivity contribution in [1.82, 2.24) is 0 Å². The summed E-state index contributed by atoms with van der Waals surface area (Å²) in [5.74, 6) is 1.61. The van der Waals surface area contributed by atoms with Gasteiger partial charge in [0.1, 0.15) is 9.84 Å². The Kier molecular flexibility index (Phi) is 6.15. The van der Waals surface area contributed by atoms with Crippen LogP contribution in [0, 0.1) is 5.92 Å². The first-order valence-electron chi connectivity index (χ1n) is 6.02. The quantitative estimate of drug-likeness (QED) is 0.768. The molecule has 1 saturated carbocycles. The topological polar surface area (TPSA) is 60.2 Å². The van der Waals surface area contributed by atoms with Gasteiger partial charge >= 0.3 is 0 Å². The van der Waals surface area contributed by atoms with Gasteiger partial charge in [0, 0.05) is 17.3 Å². The lowest BCUT2D eigenvalue weighted by Gasteiger charge is -2.23. The van der Waals surface area contributed by atoms with E-state index in [9.17, 15) is 8.42 Å². The predicted molar refractivity (Wildman–Crippen MR) is 71.6 cm³/mol. The molecule has 0 aromatic carbocycles. The highest BCUT2D eigenvalue weighted by Gasteiger charge is 2.22. The van der Waals surface area contributed by atoms with Gasteiger partial charge in [0.15, 0.2) is 0 Å². The lowest BCUT2D eigenvalue weighted by molar-refractivity contribution is 0.484. The largest absolute Gasteiger partial charge is 0.330 e. The molecule has 1 aliphatic carbocycles. The molecule has 0 spiro atoms. The summed E-state index contributed by atoms with van der Waals surface area (Å²) < 4.78 is 22.1. The van der Waals surface area contributed by atoms with Gasteiger partial charge in [0.05, 0.1) is 5.75 Å². The molecule has 1 rings (SSSR count). The van der Waals surface area contributed by atoms with Crippen LogP contribution in [0.3, 0.4) is 0 Å². The normalized spacial score (nSPS) is 27.6. The van der Waals surface area contributed by atoms with Crippen molar-refractivity contribution in [3.05, 3.63) is 0 Å². The smallest absolute Gasteiger partial charge is 0.148 e. The Hall–Kier alpha value is 0.260. The zero-order chi connectivity index (χ0) is 12.0. The number of hydrogen-bond donors (Lipinski definition) is 1. The molecule has 0 heterocycles. The SMILES string of the molecule is CS(=O)(=O)CCSC1CCCCCC1CN. The van der Waals surface area contributed by atoms with Crippen LogP contribution in [-0.2, 0) is 9.84 Å². The highest BCUT2D eigenvalue weighted by molar-refractivity contribution is 8.01. The molecule has 2 atom stereocenters. The van der Waals surface area contributed by atoms with Gasteiger partial charge in [0.25, 0.3) is 0 Å². The molecule has 1 aliphatic rings. The molecule has 1 fully saturated rings. The van der Waals surface area contributed by atoms with Gasteiger partial charge in [-0.05, 0) is 25.3 Å². The number of rotatable bonds is 5. The van der Waals surface area contributed by atoms with Gasteiger partial charge in [-0.25, -0.2) is 8.42 Å². The van der Waals surface area contributed by atoms with E-state index in [2.05, 4.69) is 0 Å². The van der Waals surface area contributed by atoms with Crippen LogP contribution in [0.25, 0.3) is 0 Å². The van der Waals surface area contributed by atoms with Gasteiger partial charge in [-0.1, -0.05) is 19.3 Å². The molecule has 96 valence electrons. The molecule has 2 unspecified atom stereocenters. The van der Waals surface area contributed by atoms with Crippen molar-refractivity contribution in [1.29, 1.82) is 0 Å². The van der Waals surface area contributed by atoms with Crippen LogP contribution >= 0.6 is 11.8 Å². The second-order valence-corrected chi connectivity index (χ2v) is 8.28. The number of nitrogens with two attached hydrogens (primary N) is 1. The Labute approximate surface area is 103 Å². The Morgan fingerprint density at radius 1 is 1.25 bits per heavy atom. The Morgan fingerprint density at radius 2 is 1.94 bits per heavy atom. The maximum Gasteiger partial charge on any atom is 0.148 e. The van der Waals surface area contributed by atoms with Crippen LogP contribution in [0.15, 0.2) is 0 Å². The lowest BCUT2D eigenvalue weighted by Crippen LogP contribution is -2.25. The Bertz CT molecular complexity index is 290. The average Bonchev–Trinajstić information content (AvgIpc) is 2.41. The number of hydrogen-bond acceptors (Lipinski definition) is 4. The molecule has 2 N–H and O–H groups in total. The second kappa shape index (κ2) is 6.87. The number of thioether (sulfide) groups is 1. The van der Waals surface area contributed by atoms with Crippen molar-refractivity contribution in [2.45, 2.75) is 37.4 Å². The second-order valence-electron chi connectivity index (χ2n) is 4.67. The standard InChI is InChI=1S/C11H23NO2S2/c1-16(13,14)8-7-15-11-6-4-2-3-5-10(11)9-12/h10-11H,2-9,12H2,1H3. The average molecular weight is 265 g/mol. The van der Waals surface area contributed by atoms with E-state index in [0.717, 1.165) is 12.3 Å². The van der Waals surface area contributed by atoms with Crippen molar-refractivity contribution in [3.63, 3.8) is 0 Å². The van der Waals surface area contributed by atoms with E-state index in [1.165, 1.54) is 38.4 Å². The summed E-state index contributed by atoms with van der Waals surface area (Å²) in [6.45, 7) is 0.747. The van der Waals surface area contributed by atoms with Crippen molar-refractivity contribution >= 4 is 21.6 Å². The fourth-order valence-corrected chi connectivity index (χ4v) is 4.94. The fraction of sp³-hybridized carbons (Fsp3) is 1.00. The maximum atomic E-state index is 11.1. The summed E-state index contributed by atoms with van der Waals surface area (Å²) in [5, 5.41) is 0.578. The summed E-state index contributed by atoms with van der Waals surface area (Å²) >= 11 is 1.81. The minimum Gasteiger partial charge on any atom is -0.330 e. The molecule has 5 heteroatoms. The van der Waals surface area contributed by atoms with Gasteiger partial charge in [0.2, 0.25) is 0 Å². The molecule has 16 heavy (non-hydrogen) atoms. The maximum absolute atomic E-state index is 11.1. The highest BCUT2D eigenvalue weighted by atomic mass is 32.2. The number of sulfone groups is 1. The minimum atomic E-state index is -2.81. The zero-order valence-corrected chi connectivity index (χ0v) is 11.7. The van der Waals surface area contributed by atoms with Crippen molar-refractivity contribution in [2.75, 3.05) is 24.3 Å². The van der Waals surface area contributed by atoms with E-state index in [4.69, 9.17) is 5.73 Å². The monoisotopic (exact) mass is 265 g/mol. The van der Waals surface area contributed by atoms with E-state index in [1.807, 2.05) is 11.8 Å². The van der Waals surface area contributed by atoms with Gasteiger partial charge in [-0.15, -0.1) is 0 Å². The first-order valence-corrected chi connectivity index (χ1v) is 9.13. The highest BCUT2D eigenvalue weighted by Crippen LogP contribution is 2.31. The van der Waals surface area contributed by atoms with Crippen molar-refractivity contribution in [2.24, 2.45) is 11.7 Å². The van der Waals surface area contributed by atoms with Crippen LogP contribution in [0.1, 0.15) is 32.1 Å².